The highest BCUT2D eigenvalue weighted by atomic mass is 35.5. The Balaban J connectivity index is 1.47. The lowest BCUT2D eigenvalue weighted by atomic mass is 10.1. The number of para-hydroxylation sites is 1. The van der Waals surface area contributed by atoms with Gasteiger partial charge in [0, 0.05) is 29.0 Å². The molecule has 0 fully saturated rings. The molecule has 5 aromatic rings. The van der Waals surface area contributed by atoms with Crippen LogP contribution in [0.4, 0.5) is 0 Å². The lowest BCUT2D eigenvalue weighted by Crippen LogP contribution is -2.06. The fourth-order valence-electron chi connectivity index (χ4n) is 3.69. The van der Waals surface area contributed by atoms with Crippen LogP contribution in [0.5, 0.6) is 0 Å². The van der Waals surface area contributed by atoms with Crippen LogP contribution in [0.2, 0.25) is 15.1 Å². The molecule has 0 amide bonds. The van der Waals surface area contributed by atoms with E-state index in [1.54, 1.807) is 36.4 Å². The number of hydrogen-bond acceptors (Lipinski definition) is 6. The van der Waals surface area contributed by atoms with E-state index >= 15 is 0 Å². The largest absolute Gasteiger partial charge is 0.478 e. The first-order valence-electron chi connectivity index (χ1n) is 10.7. The molecule has 3 aromatic carbocycles. The highest BCUT2D eigenvalue weighted by molar-refractivity contribution is 6.36. The molecule has 0 radical (unpaired) electrons. The van der Waals surface area contributed by atoms with Crippen LogP contribution in [-0.2, 0) is 12.8 Å². The fraction of sp³-hybridized carbons (Fsp3) is 0.0800. The SMILES string of the molecule is O=C(O)c1cccc(-c2nnc(CCc3nnc(-c4ccc(Cl)cc4Cl)n3-c3ccccc3Cl)o2)c1. The topological polar surface area (TPSA) is 107 Å². The summed E-state index contributed by atoms with van der Waals surface area (Å²) in [7, 11) is 0. The number of rotatable bonds is 7. The average Bonchev–Trinajstić information content (AvgIpc) is 3.50. The minimum absolute atomic E-state index is 0.133. The van der Waals surface area contributed by atoms with Crippen molar-refractivity contribution in [2.75, 3.05) is 0 Å². The summed E-state index contributed by atoms with van der Waals surface area (Å²) in [4.78, 5) is 11.3. The van der Waals surface area contributed by atoms with Gasteiger partial charge in [-0.15, -0.1) is 20.4 Å². The molecule has 0 aliphatic carbocycles. The molecule has 0 bridgehead atoms. The molecule has 11 heteroatoms. The maximum Gasteiger partial charge on any atom is 0.335 e. The number of nitrogens with zero attached hydrogens (tertiary/aromatic N) is 5. The molecule has 0 saturated carbocycles. The van der Waals surface area contributed by atoms with Crippen molar-refractivity contribution in [3.05, 3.63) is 99.1 Å². The monoisotopic (exact) mass is 539 g/mol. The van der Waals surface area contributed by atoms with Gasteiger partial charge in [-0.05, 0) is 48.5 Å². The zero-order valence-corrected chi connectivity index (χ0v) is 20.7. The van der Waals surface area contributed by atoms with Crippen molar-refractivity contribution in [1.82, 2.24) is 25.0 Å². The molecule has 180 valence electrons. The summed E-state index contributed by atoms with van der Waals surface area (Å²) in [6.07, 6.45) is 0.767. The Bertz CT molecular complexity index is 1580. The van der Waals surface area contributed by atoms with Gasteiger partial charge in [0.1, 0.15) is 5.82 Å². The average molecular weight is 541 g/mol. The highest BCUT2D eigenvalue weighted by Crippen LogP contribution is 2.33. The Morgan fingerprint density at radius 3 is 2.47 bits per heavy atom. The number of carbonyl (C=O) groups is 1. The number of aryl methyl sites for hydroxylation is 2. The van der Waals surface area contributed by atoms with Crippen LogP contribution >= 0.6 is 34.8 Å². The van der Waals surface area contributed by atoms with Gasteiger partial charge in [-0.3, -0.25) is 4.57 Å². The summed E-state index contributed by atoms with van der Waals surface area (Å²) in [5.74, 6) is 0.681. The van der Waals surface area contributed by atoms with Crippen molar-refractivity contribution >= 4 is 40.8 Å². The summed E-state index contributed by atoms with van der Waals surface area (Å²) in [6, 6.07) is 18.8. The van der Waals surface area contributed by atoms with E-state index in [1.807, 2.05) is 22.8 Å². The van der Waals surface area contributed by atoms with Gasteiger partial charge in [0.15, 0.2) is 5.82 Å². The Morgan fingerprint density at radius 1 is 0.861 bits per heavy atom. The van der Waals surface area contributed by atoms with Gasteiger partial charge in [0.25, 0.3) is 0 Å². The second-order valence-corrected chi connectivity index (χ2v) is 8.99. The summed E-state index contributed by atoms with van der Waals surface area (Å²) >= 11 is 19.1. The first kappa shape index (κ1) is 24.0. The van der Waals surface area contributed by atoms with E-state index in [2.05, 4.69) is 20.4 Å². The predicted molar refractivity (Wildman–Crippen MR) is 136 cm³/mol. The van der Waals surface area contributed by atoms with Crippen LogP contribution in [0.25, 0.3) is 28.5 Å². The van der Waals surface area contributed by atoms with Crippen molar-refractivity contribution in [3.63, 3.8) is 0 Å². The van der Waals surface area contributed by atoms with Crippen LogP contribution in [-0.4, -0.2) is 36.0 Å². The van der Waals surface area contributed by atoms with Gasteiger partial charge in [-0.1, -0.05) is 53.0 Å². The van der Waals surface area contributed by atoms with E-state index < -0.39 is 5.97 Å². The van der Waals surface area contributed by atoms with E-state index in [-0.39, 0.29) is 11.5 Å². The third-order valence-corrected chi connectivity index (χ3v) is 6.25. The first-order valence-corrected chi connectivity index (χ1v) is 11.8. The molecule has 2 aromatic heterocycles. The normalized spacial score (nSPS) is 11.1. The Morgan fingerprint density at radius 2 is 1.69 bits per heavy atom. The van der Waals surface area contributed by atoms with Gasteiger partial charge in [0.05, 0.1) is 21.3 Å². The quantitative estimate of drug-likeness (QED) is 0.253. The Hall–Kier alpha value is -3.72. The molecule has 0 spiro atoms. The first-order chi connectivity index (χ1) is 17.4. The van der Waals surface area contributed by atoms with Crippen molar-refractivity contribution in [2.24, 2.45) is 0 Å². The molecule has 8 nitrogen and oxygen atoms in total. The molecule has 0 saturated heterocycles. The number of benzene rings is 3. The second kappa shape index (κ2) is 10.1. The van der Waals surface area contributed by atoms with E-state index in [0.717, 1.165) is 0 Å². The molecule has 0 aliphatic heterocycles. The molecular formula is C25H16Cl3N5O3. The van der Waals surface area contributed by atoms with Crippen molar-refractivity contribution in [3.8, 4) is 28.5 Å². The molecule has 0 atom stereocenters. The van der Waals surface area contributed by atoms with Crippen molar-refractivity contribution < 1.29 is 14.3 Å². The number of hydrogen-bond donors (Lipinski definition) is 1. The lowest BCUT2D eigenvalue weighted by Gasteiger charge is -2.13. The summed E-state index contributed by atoms with van der Waals surface area (Å²) in [6.45, 7) is 0. The van der Waals surface area contributed by atoms with Gasteiger partial charge in [0.2, 0.25) is 11.8 Å². The number of carboxylic acids is 1. The third-order valence-electron chi connectivity index (χ3n) is 5.38. The maximum atomic E-state index is 11.3. The summed E-state index contributed by atoms with van der Waals surface area (Å²) in [5.41, 5.74) is 2.00. The Labute approximate surface area is 220 Å². The lowest BCUT2D eigenvalue weighted by molar-refractivity contribution is 0.0697. The minimum Gasteiger partial charge on any atom is -0.478 e. The fourth-order valence-corrected chi connectivity index (χ4v) is 4.40. The van der Waals surface area contributed by atoms with Crippen LogP contribution in [0.3, 0.4) is 0 Å². The molecule has 0 aliphatic rings. The number of aromatic carboxylic acids is 1. The van der Waals surface area contributed by atoms with E-state index in [0.29, 0.717) is 62.3 Å². The zero-order chi connectivity index (χ0) is 25.2. The second-order valence-electron chi connectivity index (χ2n) is 7.74. The van der Waals surface area contributed by atoms with Crippen LogP contribution in [0.1, 0.15) is 22.1 Å². The van der Waals surface area contributed by atoms with Crippen LogP contribution in [0.15, 0.2) is 71.1 Å². The highest BCUT2D eigenvalue weighted by Gasteiger charge is 2.20. The zero-order valence-electron chi connectivity index (χ0n) is 18.4. The number of aromatic nitrogens is 5. The molecule has 5 rings (SSSR count). The van der Waals surface area contributed by atoms with Gasteiger partial charge >= 0.3 is 5.97 Å². The molecule has 2 heterocycles. The van der Waals surface area contributed by atoms with Gasteiger partial charge in [-0.25, -0.2) is 4.79 Å². The van der Waals surface area contributed by atoms with Crippen molar-refractivity contribution in [1.29, 1.82) is 0 Å². The molecular weight excluding hydrogens is 525 g/mol. The smallest absolute Gasteiger partial charge is 0.335 e. The van der Waals surface area contributed by atoms with Gasteiger partial charge < -0.3 is 9.52 Å². The minimum atomic E-state index is -1.04. The predicted octanol–water partition coefficient (Wildman–Crippen LogP) is 6.43. The summed E-state index contributed by atoms with van der Waals surface area (Å²) < 4.78 is 7.62. The maximum absolute atomic E-state index is 11.3. The Kier molecular flexibility index (Phi) is 6.73. The molecule has 36 heavy (non-hydrogen) atoms. The number of halogens is 3. The van der Waals surface area contributed by atoms with Crippen LogP contribution in [0, 0.1) is 0 Å². The standard InChI is InChI=1S/C25H16Cl3N5O3/c26-16-8-9-17(19(28)13-16)23-31-29-21(33(23)20-7-2-1-6-18(20)27)10-11-22-30-32-24(36-22)14-4-3-5-15(12-14)25(34)35/h1-9,12-13H,10-11H2,(H,34,35). The number of carboxylic acid groups (broad SMARTS) is 1. The van der Waals surface area contributed by atoms with Crippen LogP contribution < -0.4 is 0 Å². The third kappa shape index (κ3) is 4.83. The van der Waals surface area contributed by atoms with Crippen molar-refractivity contribution in [2.45, 2.75) is 12.8 Å². The van der Waals surface area contributed by atoms with Gasteiger partial charge in [-0.2, -0.15) is 0 Å². The molecule has 1 N–H and O–H groups in total. The van der Waals surface area contributed by atoms with E-state index in [1.165, 1.54) is 12.1 Å². The molecule has 0 unspecified atom stereocenters. The van der Waals surface area contributed by atoms with E-state index in [9.17, 15) is 9.90 Å². The summed E-state index contributed by atoms with van der Waals surface area (Å²) in [5, 5.41) is 27.6. The van der Waals surface area contributed by atoms with E-state index in [4.69, 9.17) is 39.2 Å².